The van der Waals surface area contributed by atoms with Crippen LogP contribution in [0, 0.1) is 19.8 Å². The van der Waals surface area contributed by atoms with Crippen LogP contribution in [0.1, 0.15) is 40.7 Å². The smallest absolute Gasteiger partial charge is 0.223 e. The van der Waals surface area contributed by atoms with Gasteiger partial charge in [0.15, 0.2) is 5.78 Å². The Hall–Kier alpha value is -2.27. The molecule has 1 fully saturated rings. The molecule has 28 heavy (non-hydrogen) atoms. The third-order valence-corrected chi connectivity index (χ3v) is 6.43. The van der Waals surface area contributed by atoms with Crippen LogP contribution in [0.4, 0.5) is 0 Å². The second kappa shape index (κ2) is 9.28. The molecule has 1 heterocycles. The molecule has 148 valence electrons. The van der Waals surface area contributed by atoms with Gasteiger partial charge in [0.2, 0.25) is 5.91 Å². The number of aryl methyl sites for hydroxylation is 2. The van der Waals surface area contributed by atoms with Crippen LogP contribution in [0.15, 0.2) is 47.4 Å². The SMILES string of the molecule is Cc1ccc(SCCC(=O)N2CCC(C(=O)c3ccc(O)cc3)CC2)cc1C. The van der Waals surface area contributed by atoms with Crippen molar-refractivity contribution in [1.29, 1.82) is 0 Å². The van der Waals surface area contributed by atoms with Gasteiger partial charge in [-0.05, 0) is 74.2 Å². The summed E-state index contributed by atoms with van der Waals surface area (Å²) in [4.78, 5) is 28.2. The predicted molar refractivity (Wildman–Crippen MR) is 113 cm³/mol. The molecule has 0 bridgehead atoms. The number of carbonyl (C=O) groups is 2. The highest BCUT2D eigenvalue weighted by atomic mass is 32.2. The van der Waals surface area contributed by atoms with Crippen molar-refractivity contribution < 1.29 is 14.7 Å². The predicted octanol–water partition coefficient (Wildman–Crippen LogP) is 4.61. The van der Waals surface area contributed by atoms with Crippen molar-refractivity contribution in [2.75, 3.05) is 18.8 Å². The standard InChI is InChI=1S/C23H27NO3S/c1-16-3-8-21(15-17(16)2)28-14-11-22(26)24-12-9-19(10-13-24)23(27)18-4-6-20(25)7-5-18/h3-8,15,19,25H,9-14H2,1-2H3. The van der Waals surface area contributed by atoms with Gasteiger partial charge >= 0.3 is 0 Å². The average Bonchev–Trinajstić information content (AvgIpc) is 2.71. The van der Waals surface area contributed by atoms with Gasteiger partial charge in [0, 0.05) is 41.6 Å². The number of amides is 1. The maximum Gasteiger partial charge on any atom is 0.223 e. The first-order valence-corrected chi connectivity index (χ1v) is 10.7. The molecule has 1 saturated heterocycles. The fourth-order valence-electron chi connectivity index (χ4n) is 3.47. The maximum atomic E-state index is 12.6. The lowest BCUT2D eigenvalue weighted by molar-refractivity contribution is -0.131. The van der Waals surface area contributed by atoms with E-state index in [0.29, 0.717) is 37.9 Å². The van der Waals surface area contributed by atoms with E-state index in [2.05, 4.69) is 32.0 Å². The number of ketones is 1. The fourth-order valence-corrected chi connectivity index (χ4v) is 4.41. The van der Waals surface area contributed by atoms with E-state index in [1.54, 1.807) is 36.0 Å². The lowest BCUT2D eigenvalue weighted by atomic mass is 9.89. The molecule has 4 nitrogen and oxygen atoms in total. The number of thioether (sulfide) groups is 1. The van der Waals surface area contributed by atoms with E-state index in [0.717, 1.165) is 5.75 Å². The molecule has 5 heteroatoms. The Balaban J connectivity index is 1.43. The van der Waals surface area contributed by atoms with Crippen LogP contribution >= 0.6 is 11.8 Å². The number of phenolic OH excluding ortho intramolecular Hbond substituents is 1. The molecule has 2 aromatic rings. The Kier molecular flexibility index (Phi) is 6.79. The molecule has 0 atom stereocenters. The van der Waals surface area contributed by atoms with Crippen molar-refractivity contribution in [1.82, 2.24) is 4.90 Å². The molecule has 3 rings (SSSR count). The average molecular weight is 398 g/mol. The zero-order chi connectivity index (χ0) is 20.1. The van der Waals surface area contributed by atoms with Crippen molar-refractivity contribution in [3.8, 4) is 5.75 Å². The van der Waals surface area contributed by atoms with Crippen molar-refractivity contribution in [3.63, 3.8) is 0 Å². The fraction of sp³-hybridized carbons (Fsp3) is 0.391. The van der Waals surface area contributed by atoms with Gasteiger partial charge in [-0.15, -0.1) is 11.8 Å². The van der Waals surface area contributed by atoms with Gasteiger partial charge in [0.1, 0.15) is 5.75 Å². The molecule has 0 unspecified atom stereocenters. The third-order valence-electron chi connectivity index (χ3n) is 5.43. The molecular formula is C23H27NO3S. The summed E-state index contributed by atoms with van der Waals surface area (Å²) < 4.78 is 0. The number of nitrogens with zero attached hydrogens (tertiary/aromatic N) is 1. The van der Waals surface area contributed by atoms with Crippen LogP contribution in [0.3, 0.4) is 0 Å². The van der Waals surface area contributed by atoms with Crippen LogP contribution in [0.2, 0.25) is 0 Å². The first-order chi connectivity index (χ1) is 13.4. The van der Waals surface area contributed by atoms with Gasteiger partial charge in [-0.2, -0.15) is 0 Å². The van der Waals surface area contributed by atoms with Gasteiger partial charge in [-0.1, -0.05) is 6.07 Å². The minimum atomic E-state index is -0.0431. The number of phenols is 1. The normalized spacial score (nSPS) is 14.9. The Labute approximate surface area is 170 Å². The summed E-state index contributed by atoms with van der Waals surface area (Å²) >= 11 is 1.72. The Morgan fingerprint density at radius 1 is 1.04 bits per heavy atom. The van der Waals surface area contributed by atoms with Crippen LogP contribution in [0.5, 0.6) is 5.75 Å². The molecule has 0 spiro atoms. The summed E-state index contributed by atoms with van der Waals surface area (Å²) in [5.41, 5.74) is 3.19. The molecule has 2 aromatic carbocycles. The van der Waals surface area contributed by atoms with E-state index in [9.17, 15) is 14.7 Å². The van der Waals surface area contributed by atoms with Gasteiger partial charge in [0.25, 0.3) is 0 Å². The number of Topliss-reactive ketones (excluding diaryl/α,β-unsaturated/α-hetero) is 1. The molecular weight excluding hydrogens is 370 g/mol. The van der Waals surface area contributed by atoms with Crippen LogP contribution in [0.25, 0.3) is 0 Å². The zero-order valence-corrected chi connectivity index (χ0v) is 17.3. The minimum absolute atomic E-state index is 0.0431. The summed E-state index contributed by atoms with van der Waals surface area (Å²) in [6.07, 6.45) is 1.93. The van der Waals surface area contributed by atoms with E-state index in [4.69, 9.17) is 0 Å². The highest BCUT2D eigenvalue weighted by molar-refractivity contribution is 7.99. The number of aromatic hydroxyl groups is 1. The van der Waals surface area contributed by atoms with E-state index >= 15 is 0 Å². The number of benzene rings is 2. The lowest BCUT2D eigenvalue weighted by Gasteiger charge is -2.31. The minimum Gasteiger partial charge on any atom is -0.508 e. The maximum absolute atomic E-state index is 12.6. The molecule has 0 radical (unpaired) electrons. The van der Waals surface area contributed by atoms with Gasteiger partial charge < -0.3 is 10.0 Å². The highest BCUT2D eigenvalue weighted by Crippen LogP contribution is 2.25. The summed E-state index contributed by atoms with van der Waals surface area (Å²) in [5, 5.41) is 9.36. The summed E-state index contributed by atoms with van der Waals surface area (Å²) in [7, 11) is 0. The van der Waals surface area contributed by atoms with Crippen molar-refractivity contribution in [3.05, 3.63) is 59.2 Å². The molecule has 0 saturated carbocycles. The first kappa shape index (κ1) is 20.5. The zero-order valence-electron chi connectivity index (χ0n) is 16.5. The highest BCUT2D eigenvalue weighted by Gasteiger charge is 2.27. The number of hydrogen-bond acceptors (Lipinski definition) is 4. The van der Waals surface area contributed by atoms with Crippen LogP contribution in [-0.4, -0.2) is 40.5 Å². The molecule has 0 aromatic heterocycles. The van der Waals surface area contributed by atoms with Crippen molar-refractivity contribution in [2.24, 2.45) is 5.92 Å². The molecule has 0 aliphatic carbocycles. The number of rotatable bonds is 6. The van der Waals surface area contributed by atoms with Crippen molar-refractivity contribution >= 4 is 23.5 Å². The topological polar surface area (TPSA) is 57.6 Å². The summed E-state index contributed by atoms with van der Waals surface area (Å²) in [5.74, 6) is 1.17. The van der Waals surface area contributed by atoms with Crippen LogP contribution < -0.4 is 0 Å². The quantitative estimate of drug-likeness (QED) is 0.571. The van der Waals surface area contributed by atoms with Crippen LogP contribution in [-0.2, 0) is 4.79 Å². The second-order valence-electron chi connectivity index (χ2n) is 7.41. The molecule has 1 aliphatic rings. The number of hydrogen-bond donors (Lipinski definition) is 1. The van der Waals surface area contributed by atoms with Crippen molar-refractivity contribution in [2.45, 2.75) is 38.0 Å². The summed E-state index contributed by atoms with van der Waals surface area (Å²) in [6, 6.07) is 12.8. The number of carbonyl (C=O) groups excluding carboxylic acids is 2. The largest absolute Gasteiger partial charge is 0.508 e. The van der Waals surface area contributed by atoms with Gasteiger partial charge in [-0.25, -0.2) is 0 Å². The van der Waals surface area contributed by atoms with E-state index in [-0.39, 0.29) is 23.4 Å². The third kappa shape index (κ3) is 5.16. The van der Waals surface area contributed by atoms with E-state index < -0.39 is 0 Å². The Morgan fingerprint density at radius 2 is 1.71 bits per heavy atom. The molecule has 1 N–H and O–H groups in total. The molecule has 1 aliphatic heterocycles. The lowest BCUT2D eigenvalue weighted by Crippen LogP contribution is -2.40. The van der Waals surface area contributed by atoms with E-state index in [1.165, 1.54) is 16.0 Å². The second-order valence-corrected chi connectivity index (χ2v) is 8.58. The molecule has 1 amide bonds. The van der Waals surface area contributed by atoms with Gasteiger partial charge in [-0.3, -0.25) is 9.59 Å². The number of likely N-dealkylation sites (tertiary alicyclic amines) is 1. The Morgan fingerprint density at radius 3 is 2.36 bits per heavy atom. The first-order valence-electron chi connectivity index (χ1n) is 9.75. The monoisotopic (exact) mass is 397 g/mol. The Bertz CT molecular complexity index is 839. The number of piperidine rings is 1. The summed E-state index contributed by atoms with van der Waals surface area (Å²) in [6.45, 7) is 5.49. The van der Waals surface area contributed by atoms with Gasteiger partial charge in [0.05, 0.1) is 0 Å². The van der Waals surface area contributed by atoms with E-state index in [1.807, 2.05) is 4.90 Å².